The van der Waals surface area contributed by atoms with Crippen molar-refractivity contribution >= 4 is 11.6 Å². The molecule has 1 amide bonds. The van der Waals surface area contributed by atoms with E-state index in [9.17, 15) is 22.4 Å². The van der Waals surface area contributed by atoms with Crippen LogP contribution in [0, 0.1) is 0 Å². The lowest BCUT2D eigenvalue weighted by atomic mass is 10.1. The summed E-state index contributed by atoms with van der Waals surface area (Å²) >= 11 is 0. The fraction of sp³-hybridized carbons (Fsp3) is 0.500. The van der Waals surface area contributed by atoms with E-state index in [4.69, 9.17) is 0 Å². The first-order valence-electron chi connectivity index (χ1n) is 6.44. The molecule has 0 saturated heterocycles. The number of hydrogen-bond donors (Lipinski definition) is 1. The van der Waals surface area contributed by atoms with Gasteiger partial charge in [-0.15, -0.1) is 0 Å². The maximum atomic E-state index is 12.7. The molecule has 0 fully saturated rings. The normalized spacial score (nSPS) is 11.7. The monoisotopic (exact) mass is 291 g/mol. The first-order valence-corrected chi connectivity index (χ1v) is 6.44. The average Bonchev–Trinajstić information content (AvgIpc) is 2.40. The van der Waals surface area contributed by atoms with Crippen LogP contribution in [-0.2, 0) is 11.2 Å². The molecule has 0 atom stereocenters. The Morgan fingerprint density at radius 1 is 1.20 bits per heavy atom. The van der Waals surface area contributed by atoms with E-state index in [2.05, 4.69) is 6.92 Å². The molecule has 0 unspecified atom stereocenters. The van der Waals surface area contributed by atoms with Crippen LogP contribution in [0.4, 0.5) is 23.2 Å². The van der Waals surface area contributed by atoms with E-state index in [1.54, 1.807) is 17.4 Å². The van der Waals surface area contributed by atoms with Crippen LogP contribution in [0.25, 0.3) is 0 Å². The van der Waals surface area contributed by atoms with Gasteiger partial charge in [0.25, 0.3) is 0 Å². The van der Waals surface area contributed by atoms with Crippen LogP contribution in [0.2, 0.25) is 0 Å². The summed E-state index contributed by atoms with van der Waals surface area (Å²) in [5, 5.41) is 1.79. The molecule has 6 heteroatoms. The average molecular weight is 291 g/mol. The highest BCUT2D eigenvalue weighted by atomic mass is 19.3. The van der Waals surface area contributed by atoms with Gasteiger partial charge in [-0.25, -0.2) is 8.78 Å². The van der Waals surface area contributed by atoms with Gasteiger partial charge in [0.2, 0.25) is 0 Å². The van der Waals surface area contributed by atoms with Gasteiger partial charge in [-0.3, -0.25) is 4.79 Å². The van der Waals surface area contributed by atoms with Crippen LogP contribution in [0.3, 0.4) is 0 Å². The minimum Gasteiger partial charge on any atom is -0.321 e. The van der Waals surface area contributed by atoms with Crippen LogP contribution < -0.4 is 5.32 Å². The quantitative estimate of drug-likeness (QED) is 0.590. The summed E-state index contributed by atoms with van der Waals surface area (Å²) in [5.41, 5.74) is 1.09. The van der Waals surface area contributed by atoms with E-state index in [1.165, 1.54) is 12.1 Å². The molecule has 20 heavy (non-hydrogen) atoms. The molecule has 1 aromatic rings. The Bertz CT molecular complexity index is 431. The Morgan fingerprint density at radius 2 is 1.80 bits per heavy atom. The lowest BCUT2D eigenvalue weighted by molar-refractivity contribution is -0.163. The minimum absolute atomic E-state index is 0.0783. The summed E-state index contributed by atoms with van der Waals surface area (Å²) in [6, 6.07) is 6.24. The molecule has 0 radical (unpaired) electrons. The highest BCUT2D eigenvalue weighted by Crippen LogP contribution is 2.24. The van der Waals surface area contributed by atoms with Crippen molar-refractivity contribution in [2.75, 3.05) is 5.32 Å². The number of rotatable bonds is 7. The third-order valence-corrected chi connectivity index (χ3v) is 2.86. The van der Waals surface area contributed by atoms with Crippen molar-refractivity contribution in [3.05, 3.63) is 29.8 Å². The molecule has 0 bridgehead atoms. The summed E-state index contributed by atoms with van der Waals surface area (Å²) < 4.78 is 49.5. The van der Waals surface area contributed by atoms with Gasteiger partial charge in [0.05, 0.1) is 0 Å². The zero-order valence-corrected chi connectivity index (χ0v) is 11.1. The first-order chi connectivity index (χ1) is 9.37. The number of anilines is 1. The third-order valence-electron chi connectivity index (χ3n) is 2.86. The van der Waals surface area contributed by atoms with E-state index in [-0.39, 0.29) is 5.69 Å². The highest BCUT2D eigenvalue weighted by Gasteiger charge is 2.48. The number of carbonyl (C=O) groups is 1. The second kappa shape index (κ2) is 7.26. The van der Waals surface area contributed by atoms with Crippen molar-refractivity contribution in [3.8, 4) is 0 Å². The number of unbranched alkanes of at least 4 members (excludes halogenated alkanes) is 2. The standard InChI is InChI=1S/C14H17F4NO/c1-2-3-4-5-10-6-8-11(9-7-10)19-13(20)14(17,18)12(15)16/h6-9,12H,2-5H2,1H3,(H,19,20). The van der Waals surface area contributed by atoms with Crippen molar-refractivity contribution in [1.82, 2.24) is 0 Å². The number of amides is 1. The fourth-order valence-corrected chi connectivity index (χ4v) is 1.65. The molecule has 1 aromatic carbocycles. The highest BCUT2D eigenvalue weighted by molar-refractivity contribution is 5.96. The molecule has 0 spiro atoms. The molecular formula is C14H17F4NO. The van der Waals surface area contributed by atoms with Gasteiger partial charge in [-0.1, -0.05) is 31.9 Å². The lowest BCUT2D eigenvalue weighted by Gasteiger charge is -2.14. The Labute approximate surface area is 115 Å². The second-order valence-electron chi connectivity index (χ2n) is 4.53. The summed E-state index contributed by atoms with van der Waals surface area (Å²) in [6.07, 6.45) is 0.0486. The van der Waals surface area contributed by atoms with Gasteiger partial charge in [-0.05, 0) is 30.5 Å². The van der Waals surface area contributed by atoms with Gasteiger partial charge < -0.3 is 5.32 Å². The molecule has 0 aliphatic carbocycles. The maximum Gasteiger partial charge on any atom is 0.383 e. The van der Waals surface area contributed by atoms with Gasteiger partial charge in [-0.2, -0.15) is 8.78 Å². The summed E-state index contributed by atoms with van der Waals surface area (Å²) in [7, 11) is 0. The number of hydrogen-bond acceptors (Lipinski definition) is 1. The molecule has 1 rings (SSSR count). The van der Waals surface area contributed by atoms with Crippen LogP contribution in [0.5, 0.6) is 0 Å². The smallest absolute Gasteiger partial charge is 0.321 e. The van der Waals surface area contributed by atoms with Crippen molar-refractivity contribution in [3.63, 3.8) is 0 Å². The van der Waals surface area contributed by atoms with Crippen LogP contribution in [0.1, 0.15) is 31.7 Å². The summed E-state index contributed by atoms with van der Waals surface area (Å²) in [6.45, 7) is 2.09. The molecule has 0 aliphatic heterocycles. The topological polar surface area (TPSA) is 29.1 Å². The number of carbonyl (C=O) groups excluding carboxylic acids is 1. The van der Waals surface area contributed by atoms with E-state index in [0.29, 0.717) is 0 Å². The van der Waals surface area contributed by atoms with E-state index in [0.717, 1.165) is 31.2 Å². The van der Waals surface area contributed by atoms with Crippen LogP contribution in [-0.4, -0.2) is 18.3 Å². The predicted molar refractivity (Wildman–Crippen MR) is 69.3 cm³/mol. The zero-order chi connectivity index (χ0) is 15.2. The molecule has 0 aromatic heterocycles. The first kappa shape index (κ1) is 16.5. The SMILES string of the molecule is CCCCCc1ccc(NC(=O)C(F)(F)C(F)F)cc1. The molecular weight excluding hydrogens is 274 g/mol. The Morgan fingerprint density at radius 3 is 2.30 bits per heavy atom. The molecule has 0 aliphatic rings. The van der Waals surface area contributed by atoms with E-state index in [1.807, 2.05) is 0 Å². The van der Waals surface area contributed by atoms with Crippen molar-refractivity contribution in [1.29, 1.82) is 0 Å². The summed E-state index contributed by atoms with van der Waals surface area (Å²) in [4.78, 5) is 11.0. The Balaban J connectivity index is 2.59. The van der Waals surface area contributed by atoms with E-state index < -0.39 is 18.3 Å². The fourth-order valence-electron chi connectivity index (χ4n) is 1.65. The Hall–Kier alpha value is -1.59. The Kier molecular flexibility index (Phi) is 5.98. The molecule has 0 heterocycles. The van der Waals surface area contributed by atoms with Crippen molar-refractivity contribution < 1.29 is 22.4 Å². The molecule has 2 nitrogen and oxygen atoms in total. The number of halogens is 4. The van der Waals surface area contributed by atoms with Gasteiger partial charge in [0, 0.05) is 5.69 Å². The second-order valence-corrected chi connectivity index (χ2v) is 4.53. The van der Waals surface area contributed by atoms with Crippen LogP contribution >= 0.6 is 0 Å². The van der Waals surface area contributed by atoms with Gasteiger partial charge >= 0.3 is 18.3 Å². The maximum absolute atomic E-state index is 12.7. The molecule has 1 N–H and O–H groups in total. The van der Waals surface area contributed by atoms with Crippen molar-refractivity contribution in [2.45, 2.75) is 45.0 Å². The third kappa shape index (κ3) is 4.51. The molecule has 0 saturated carbocycles. The molecule has 112 valence electrons. The van der Waals surface area contributed by atoms with Crippen molar-refractivity contribution in [2.24, 2.45) is 0 Å². The van der Waals surface area contributed by atoms with Crippen LogP contribution in [0.15, 0.2) is 24.3 Å². The lowest BCUT2D eigenvalue weighted by Crippen LogP contribution is -2.40. The zero-order valence-electron chi connectivity index (χ0n) is 11.1. The summed E-state index contributed by atoms with van der Waals surface area (Å²) in [5.74, 6) is -6.67. The predicted octanol–water partition coefficient (Wildman–Crippen LogP) is 4.26. The van der Waals surface area contributed by atoms with Gasteiger partial charge in [0.15, 0.2) is 0 Å². The number of nitrogens with one attached hydrogen (secondary N) is 1. The largest absolute Gasteiger partial charge is 0.383 e. The number of benzene rings is 1. The number of aryl methyl sites for hydroxylation is 1. The van der Waals surface area contributed by atoms with E-state index >= 15 is 0 Å². The van der Waals surface area contributed by atoms with Gasteiger partial charge in [0.1, 0.15) is 0 Å². The minimum atomic E-state index is -4.68. The number of alkyl halides is 4.